The van der Waals surface area contributed by atoms with Gasteiger partial charge in [0, 0.05) is 12.1 Å². The molecule has 1 aliphatic carbocycles. The van der Waals surface area contributed by atoms with Crippen LogP contribution < -0.4 is 14.8 Å². The Labute approximate surface area is 145 Å². The van der Waals surface area contributed by atoms with Crippen molar-refractivity contribution >= 4 is 23.5 Å². The van der Waals surface area contributed by atoms with Gasteiger partial charge < -0.3 is 24.6 Å². The number of carboxylic acids is 1. The molecule has 1 aliphatic rings. The predicted octanol–water partition coefficient (Wildman–Crippen LogP) is 1.79. The van der Waals surface area contributed by atoms with Gasteiger partial charge in [-0.25, -0.2) is 4.79 Å². The Kier molecular flexibility index (Phi) is 4.92. The van der Waals surface area contributed by atoms with Crippen molar-refractivity contribution in [3.63, 3.8) is 0 Å². The van der Waals surface area contributed by atoms with Crippen LogP contribution in [0.2, 0.25) is 0 Å². The molecular formula is C17H21NO7. The van der Waals surface area contributed by atoms with Gasteiger partial charge in [-0.1, -0.05) is 13.8 Å². The molecule has 1 fully saturated rings. The molecule has 0 aliphatic heterocycles. The van der Waals surface area contributed by atoms with Crippen LogP contribution in [0.3, 0.4) is 0 Å². The second-order valence-electron chi connectivity index (χ2n) is 6.35. The van der Waals surface area contributed by atoms with E-state index in [1.807, 2.05) is 0 Å². The fourth-order valence-corrected chi connectivity index (χ4v) is 3.06. The highest BCUT2D eigenvalue weighted by Gasteiger charge is 2.65. The van der Waals surface area contributed by atoms with E-state index in [9.17, 15) is 19.5 Å². The van der Waals surface area contributed by atoms with Crippen molar-refractivity contribution in [3.8, 4) is 11.5 Å². The Morgan fingerprint density at radius 2 is 1.60 bits per heavy atom. The molecule has 25 heavy (non-hydrogen) atoms. The lowest BCUT2D eigenvalue weighted by molar-refractivity contribution is -0.140. The van der Waals surface area contributed by atoms with Gasteiger partial charge in [0.05, 0.1) is 44.4 Å². The fraction of sp³-hybridized carbons (Fsp3) is 0.471. The first-order valence-electron chi connectivity index (χ1n) is 7.57. The lowest BCUT2D eigenvalue weighted by Crippen LogP contribution is -2.20. The van der Waals surface area contributed by atoms with Crippen LogP contribution in [0.4, 0.5) is 5.69 Å². The molecule has 8 heteroatoms. The molecule has 2 rings (SSSR count). The second kappa shape index (κ2) is 6.62. The van der Waals surface area contributed by atoms with E-state index in [1.54, 1.807) is 13.8 Å². The van der Waals surface area contributed by atoms with Gasteiger partial charge in [0.2, 0.25) is 5.91 Å². The second-order valence-corrected chi connectivity index (χ2v) is 6.35. The number of carboxylic acid groups (broad SMARTS) is 1. The average Bonchev–Trinajstić information content (AvgIpc) is 3.16. The molecule has 0 bridgehead atoms. The predicted molar refractivity (Wildman–Crippen MR) is 87.9 cm³/mol. The average molecular weight is 351 g/mol. The minimum Gasteiger partial charge on any atom is -0.493 e. The highest BCUT2D eigenvalue weighted by molar-refractivity contribution is 6.05. The molecular weight excluding hydrogens is 330 g/mol. The van der Waals surface area contributed by atoms with E-state index >= 15 is 0 Å². The van der Waals surface area contributed by atoms with Gasteiger partial charge in [-0.15, -0.1) is 0 Å². The third kappa shape index (κ3) is 3.24. The lowest BCUT2D eigenvalue weighted by Gasteiger charge is -2.15. The normalized spacial score (nSPS) is 20.4. The Hall–Kier alpha value is -2.77. The molecule has 1 amide bonds. The first-order valence-corrected chi connectivity index (χ1v) is 7.57. The van der Waals surface area contributed by atoms with Crippen LogP contribution in [0.15, 0.2) is 12.1 Å². The number of nitrogens with one attached hydrogen (secondary N) is 1. The number of amides is 1. The lowest BCUT2D eigenvalue weighted by atomic mass is 10.1. The molecule has 0 unspecified atom stereocenters. The molecule has 2 N–H and O–H groups in total. The molecule has 0 heterocycles. The van der Waals surface area contributed by atoms with Crippen molar-refractivity contribution < 1.29 is 33.7 Å². The maximum Gasteiger partial charge on any atom is 0.340 e. The Balaban J connectivity index is 2.36. The summed E-state index contributed by atoms with van der Waals surface area (Å²) in [6.07, 6.45) is 0. The number of benzene rings is 1. The molecule has 0 spiro atoms. The van der Waals surface area contributed by atoms with Gasteiger partial charge in [0.1, 0.15) is 0 Å². The van der Waals surface area contributed by atoms with Gasteiger partial charge in [0.25, 0.3) is 0 Å². The van der Waals surface area contributed by atoms with Crippen LogP contribution in [0.5, 0.6) is 11.5 Å². The van der Waals surface area contributed by atoms with Gasteiger partial charge in [-0.2, -0.15) is 0 Å². The molecule has 136 valence electrons. The maximum atomic E-state index is 12.5. The number of methoxy groups -OCH3 is 3. The summed E-state index contributed by atoms with van der Waals surface area (Å²) in [5.74, 6) is -3.01. The number of hydrogen-bond donors (Lipinski definition) is 2. The number of anilines is 1. The molecule has 1 aromatic rings. The van der Waals surface area contributed by atoms with Crippen molar-refractivity contribution in [1.29, 1.82) is 0 Å². The van der Waals surface area contributed by atoms with E-state index in [4.69, 9.17) is 14.2 Å². The molecule has 1 aromatic carbocycles. The summed E-state index contributed by atoms with van der Waals surface area (Å²) in [7, 11) is 4.06. The van der Waals surface area contributed by atoms with E-state index in [1.165, 1.54) is 33.5 Å². The minimum absolute atomic E-state index is 0.0823. The Morgan fingerprint density at radius 3 is 2.04 bits per heavy atom. The Bertz CT molecular complexity index is 726. The van der Waals surface area contributed by atoms with Gasteiger partial charge in [-0.05, 0) is 5.41 Å². The quantitative estimate of drug-likeness (QED) is 0.752. The van der Waals surface area contributed by atoms with Crippen molar-refractivity contribution in [3.05, 3.63) is 17.7 Å². The van der Waals surface area contributed by atoms with Crippen molar-refractivity contribution in [2.75, 3.05) is 26.6 Å². The van der Waals surface area contributed by atoms with Crippen LogP contribution in [0.25, 0.3) is 0 Å². The molecule has 8 nitrogen and oxygen atoms in total. The van der Waals surface area contributed by atoms with Crippen molar-refractivity contribution in [1.82, 2.24) is 0 Å². The topological polar surface area (TPSA) is 111 Å². The van der Waals surface area contributed by atoms with E-state index in [0.717, 1.165) is 0 Å². The number of aliphatic carboxylic acids is 1. The first-order chi connectivity index (χ1) is 11.7. The number of carbonyl (C=O) groups excluding carboxylic acids is 2. The standard InChI is InChI=1S/C17H21NO7/c1-17(2)12(13(17)15(20)21)14(19)18-9-7-11(24-4)10(23-3)6-8(9)16(22)25-5/h6-7,12-13H,1-5H3,(H,18,19)(H,20,21)/t12-,13-/m1/s1. The van der Waals surface area contributed by atoms with Crippen LogP contribution >= 0.6 is 0 Å². The van der Waals surface area contributed by atoms with Crippen LogP contribution in [0, 0.1) is 17.3 Å². The summed E-state index contributed by atoms with van der Waals surface area (Å²) in [5, 5.41) is 11.8. The summed E-state index contributed by atoms with van der Waals surface area (Å²) in [5.41, 5.74) is -0.405. The third-order valence-electron chi connectivity index (χ3n) is 4.56. The van der Waals surface area contributed by atoms with Crippen molar-refractivity contribution in [2.24, 2.45) is 17.3 Å². The largest absolute Gasteiger partial charge is 0.493 e. The van der Waals surface area contributed by atoms with Gasteiger partial charge >= 0.3 is 11.9 Å². The number of ether oxygens (including phenoxy) is 3. The SMILES string of the molecule is COC(=O)c1cc(OC)c(OC)cc1NC(=O)[C@H]1[C@H](C(=O)O)C1(C)C. The number of esters is 1. The summed E-state index contributed by atoms with van der Waals surface area (Å²) in [6.45, 7) is 3.43. The molecule has 0 radical (unpaired) electrons. The van der Waals surface area contributed by atoms with Crippen LogP contribution in [-0.4, -0.2) is 44.3 Å². The Morgan fingerprint density at radius 1 is 1.04 bits per heavy atom. The van der Waals surface area contributed by atoms with Gasteiger partial charge in [0.15, 0.2) is 11.5 Å². The van der Waals surface area contributed by atoms with E-state index < -0.39 is 35.1 Å². The fourth-order valence-electron chi connectivity index (χ4n) is 3.06. The first kappa shape index (κ1) is 18.6. The summed E-state index contributed by atoms with van der Waals surface area (Å²) in [4.78, 5) is 35.8. The van der Waals surface area contributed by atoms with E-state index in [0.29, 0.717) is 11.5 Å². The number of rotatable bonds is 6. The monoisotopic (exact) mass is 351 g/mol. The van der Waals surface area contributed by atoms with Crippen LogP contribution in [0.1, 0.15) is 24.2 Å². The summed E-state index contributed by atoms with van der Waals surface area (Å²) in [6, 6.07) is 2.83. The zero-order valence-electron chi connectivity index (χ0n) is 14.7. The molecule has 1 saturated carbocycles. The zero-order valence-corrected chi connectivity index (χ0v) is 14.7. The summed E-state index contributed by atoms with van der Waals surface area (Å²) >= 11 is 0. The van der Waals surface area contributed by atoms with E-state index in [-0.39, 0.29) is 11.3 Å². The minimum atomic E-state index is -1.02. The highest BCUT2D eigenvalue weighted by atomic mass is 16.5. The van der Waals surface area contributed by atoms with Crippen LogP contribution in [-0.2, 0) is 14.3 Å². The maximum absolute atomic E-state index is 12.5. The zero-order chi connectivity index (χ0) is 18.9. The smallest absolute Gasteiger partial charge is 0.340 e. The molecule has 2 atom stereocenters. The molecule has 0 aromatic heterocycles. The molecule has 0 saturated heterocycles. The number of hydrogen-bond acceptors (Lipinski definition) is 6. The van der Waals surface area contributed by atoms with Gasteiger partial charge in [-0.3, -0.25) is 9.59 Å². The third-order valence-corrected chi connectivity index (χ3v) is 4.56. The highest BCUT2D eigenvalue weighted by Crippen LogP contribution is 2.58. The van der Waals surface area contributed by atoms with E-state index in [2.05, 4.69) is 5.32 Å². The van der Waals surface area contributed by atoms with Crippen molar-refractivity contribution in [2.45, 2.75) is 13.8 Å². The summed E-state index contributed by atoms with van der Waals surface area (Å²) < 4.78 is 15.1. The number of carbonyl (C=O) groups is 3.